The smallest absolute Gasteiger partial charge is 0.200 e. The fraction of sp³-hybridized carbons (Fsp3) is 0.278. The average molecular weight is 394 g/mol. The fourth-order valence-corrected chi connectivity index (χ4v) is 2.28. The van der Waals surface area contributed by atoms with Crippen molar-refractivity contribution < 1.29 is 9.53 Å². The second-order valence-corrected chi connectivity index (χ2v) is 7.24. The molecule has 0 unspecified atom stereocenters. The molecule has 0 spiro atoms. The maximum Gasteiger partial charge on any atom is 0.200 e. The molecule has 0 heterocycles. The number of ketones is 1. The second kappa shape index (κ2) is 6.60. The molecule has 0 atom stereocenters. The first-order valence-corrected chi connectivity index (χ1v) is 7.96. The molecule has 21 heavy (non-hydrogen) atoms. The molecular weight excluding hydrogens is 375 g/mol. The Labute approximate surface area is 139 Å². The van der Waals surface area contributed by atoms with E-state index in [1.54, 1.807) is 0 Å². The van der Waals surface area contributed by atoms with E-state index in [-0.39, 0.29) is 17.8 Å². The molecule has 110 valence electrons. The molecule has 0 saturated carbocycles. The second-order valence-electron chi connectivity index (χ2n) is 5.99. The highest BCUT2D eigenvalue weighted by Gasteiger charge is 2.13. The van der Waals surface area contributed by atoms with Crippen LogP contribution in [0.1, 0.15) is 36.7 Å². The Morgan fingerprint density at radius 3 is 2.10 bits per heavy atom. The zero-order chi connectivity index (χ0) is 15.5. The standard InChI is InChI=1S/C18H19IO2/c1-18(2,3)14-6-10-16(11-7-14)21-12-17(20)13-4-8-15(19)9-5-13/h4-11H,12H2,1-3H3. The summed E-state index contributed by atoms with van der Waals surface area (Å²) < 4.78 is 6.68. The largest absolute Gasteiger partial charge is 0.485 e. The topological polar surface area (TPSA) is 26.3 Å². The summed E-state index contributed by atoms with van der Waals surface area (Å²) in [6.07, 6.45) is 0. The summed E-state index contributed by atoms with van der Waals surface area (Å²) in [5.74, 6) is 0.716. The van der Waals surface area contributed by atoms with E-state index in [9.17, 15) is 4.79 Å². The number of rotatable bonds is 4. The molecule has 0 aliphatic heterocycles. The van der Waals surface area contributed by atoms with Gasteiger partial charge in [0.2, 0.25) is 0 Å². The van der Waals surface area contributed by atoms with Gasteiger partial charge in [-0.2, -0.15) is 0 Å². The molecule has 2 nitrogen and oxygen atoms in total. The first-order chi connectivity index (χ1) is 9.86. The van der Waals surface area contributed by atoms with Gasteiger partial charge in [-0.15, -0.1) is 0 Å². The van der Waals surface area contributed by atoms with Crippen LogP contribution in [-0.2, 0) is 5.41 Å². The zero-order valence-corrected chi connectivity index (χ0v) is 14.7. The summed E-state index contributed by atoms with van der Waals surface area (Å²) in [4.78, 5) is 12.0. The molecule has 3 heteroatoms. The van der Waals surface area contributed by atoms with Crippen molar-refractivity contribution in [1.29, 1.82) is 0 Å². The molecule has 0 amide bonds. The third kappa shape index (κ3) is 4.56. The summed E-state index contributed by atoms with van der Waals surface area (Å²) in [5, 5.41) is 0. The number of hydrogen-bond acceptors (Lipinski definition) is 2. The maximum absolute atomic E-state index is 12.0. The van der Waals surface area contributed by atoms with Gasteiger partial charge in [-0.1, -0.05) is 45.0 Å². The Hall–Kier alpha value is -1.36. The molecule has 0 N–H and O–H groups in total. The lowest BCUT2D eigenvalue weighted by Gasteiger charge is -2.19. The van der Waals surface area contributed by atoms with Gasteiger partial charge in [-0.25, -0.2) is 0 Å². The first kappa shape index (κ1) is 16.0. The lowest BCUT2D eigenvalue weighted by molar-refractivity contribution is 0.0921. The van der Waals surface area contributed by atoms with Gasteiger partial charge in [0.1, 0.15) is 5.75 Å². The van der Waals surface area contributed by atoms with E-state index in [0.717, 1.165) is 9.32 Å². The summed E-state index contributed by atoms with van der Waals surface area (Å²) in [7, 11) is 0. The number of hydrogen-bond donors (Lipinski definition) is 0. The highest BCUT2D eigenvalue weighted by Crippen LogP contribution is 2.24. The maximum atomic E-state index is 12.0. The van der Waals surface area contributed by atoms with Crippen molar-refractivity contribution in [3.63, 3.8) is 0 Å². The van der Waals surface area contributed by atoms with Crippen LogP contribution in [0.3, 0.4) is 0 Å². The van der Waals surface area contributed by atoms with Gasteiger partial charge in [0, 0.05) is 9.13 Å². The molecule has 0 aliphatic rings. The molecule has 0 bridgehead atoms. The van der Waals surface area contributed by atoms with Crippen LogP contribution in [-0.4, -0.2) is 12.4 Å². The molecule has 2 aromatic rings. The SMILES string of the molecule is CC(C)(C)c1ccc(OCC(=O)c2ccc(I)cc2)cc1. The van der Waals surface area contributed by atoms with Crippen LogP contribution in [0.5, 0.6) is 5.75 Å². The average Bonchev–Trinajstić information content (AvgIpc) is 2.45. The van der Waals surface area contributed by atoms with Gasteiger partial charge in [0.05, 0.1) is 0 Å². The number of benzene rings is 2. The van der Waals surface area contributed by atoms with Crippen molar-refractivity contribution in [2.75, 3.05) is 6.61 Å². The first-order valence-electron chi connectivity index (χ1n) is 6.88. The van der Waals surface area contributed by atoms with Gasteiger partial charge in [-0.3, -0.25) is 4.79 Å². The number of carbonyl (C=O) groups excluding carboxylic acids is 1. The minimum atomic E-state index is -0.00806. The normalized spacial score (nSPS) is 11.2. The van der Waals surface area contributed by atoms with Gasteiger partial charge in [0.25, 0.3) is 0 Å². The fourth-order valence-electron chi connectivity index (χ4n) is 1.92. The van der Waals surface area contributed by atoms with Crippen molar-refractivity contribution in [3.8, 4) is 5.75 Å². The number of ether oxygens (including phenoxy) is 1. The van der Waals surface area contributed by atoms with E-state index in [4.69, 9.17) is 4.74 Å². The van der Waals surface area contributed by atoms with Crippen LogP contribution >= 0.6 is 22.6 Å². The van der Waals surface area contributed by atoms with Crippen molar-refractivity contribution in [1.82, 2.24) is 0 Å². The van der Waals surface area contributed by atoms with Crippen LogP contribution in [0.15, 0.2) is 48.5 Å². The van der Waals surface area contributed by atoms with Gasteiger partial charge in [-0.05, 0) is 57.8 Å². The van der Waals surface area contributed by atoms with Crippen LogP contribution < -0.4 is 4.74 Å². The van der Waals surface area contributed by atoms with Crippen LogP contribution in [0, 0.1) is 3.57 Å². The molecule has 2 aromatic carbocycles. The Kier molecular flexibility index (Phi) is 5.04. The minimum Gasteiger partial charge on any atom is -0.485 e. The van der Waals surface area contributed by atoms with E-state index >= 15 is 0 Å². The quantitative estimate of drug-likeness (QED) is 0.548. The molecule has 0 saturated heterocycles. The summed E-state index contributed by atoms with van der Waals surface area (Å²) in [6.45, 7) is 6.57. The number of carbonyl (C=O) groups is 1. The third-order valence-electron chi connectivity index (χ3n) is 3.26. The number of Topliss-reactive ketones (excluding diaryl/α,β-unsaturated/α-hetero) is 1. The predicted octanol–water partition coefficient (Wildman–Crippen LogP) is 4.85. The Bertz CT molecular complexity index is 607. The Balaban J connectivity index is 1.97. The molecule has 0 fully saturated rings. The van der Waals surface area contributed by atoms with E-state index in [0.29, 0.717) is 5.56 Å². The van der Waals surface area contributed by atoms with Gasteiger partial charge >= 0.3 is 0 Å². The highest BCUT2D eigenvalue weighted by atomic mass is 127. The van der Waals surface area contributed by atoms with Crippen molar-refractivity contribution >= 4 is 28.4 Å². The Morgan fingerprint density at radius 2 is 1.57 bits per heavy atom. The van der Waals surface area contributed by atoms with Crippen molar-refractivity contribution in [2.45, 2.75) is 26.2 Å². The molecule has 0 radical (unpaired) electrons. The van der Waals surface area contributed by atoms with E-state index < -0.39 is 0 Å². The summed E-state index contributed by atoms with van der Waals surface area (Å²) >= 11 is 2.22. The molecular formula is C18H19IO2. The van der Waals surface area contributed by atoms with Gasteiger partial charge < -0.3 is 4.74 Å². The minimum absolute atomic E-state index is 0.00806. The monoisotopic (exact) mass is 394 g/mol. The lowest BCUT2D eigenvalue weighted by Crippen LogP contribution is -2.12. The van der Waals surface area contributed by atoms with Crippen LogP contribution in [0.2, 0.25) is 0 Å². The number of halogens is 1. The van der Waals surface area contributed by atoms with E-state index in [2.05, 4.69) is 43.4 Å². The highest BCUT2D eigenvalue weighted by molar-refractivity contribution is 14.1. The Morgan fingerprint density at radius 1 is 1.00 bits per heavy atom. The predicted molar refractivity (Wildman–Crippen MR) is 94.1 cm³/mol. The summed E-state index contributed by atoms with van der Waals surface area (Å²) in [5.41, 5.74) is 2.05. The molecule has 0 aromatic heterocycles. The van der Waals surface area contributed by atoms with Crippen molar-refractivity contribution in [2.24, 2.45) is 0 Å². The van der Waals surface area contributed by atoms with Gasteiger partial charge in [0.15, 0.2) is 12.4 Å². The molecule has 2 rings (SSSR count). The van der Waals surface area contributed by atoms with Crippen LogP contribution in [0.4, 0.5) is 0 Å². The third-order valence-corrected chi connectivity index (χ3v) is 3.98. The lowest BCUT2D eigenvalue weighted by atomic mass is 9.87. The van der Waals surface area contributed by atoms with Crippen LogP contribution in [0.25, 0.3) is 0 Å². The zero-order valence-electron chi connectivity index (χ0n) is 12.5. The van der Waals surface area contributed by atoms with E-state index in [1.807, 2.05) is 48.5 Å². The summed E-state index contributed by atoms with van der Waals surface area (Å²) in [6, 6.07) is 15.4. The van der Waals surface area contributed by atoms with E-state index in [1.165, 1.54) is 5.56 Å². The molecule has 0 aliphatic carbocycles. The van der Waals surface area contributed by atoms with Crippen molar-refractivity contribution in [3.05, 3.63) is 63.2 Å².